The van der Waals surface area contributed by atoms with E-state index >= 15 is 0 Å². The van der Waals surface area contributed by atoms with Crippen LogP contribution in [-0.2, 0) is 14.8 Å². The van der Waals surface area contributed by atoms with Crippen LogP contribution in [-0.4, -0.2) is 82.8 Å². The minimum atomic E-state index is -3.43. The minimum Gasteiger partial charge on any atom is -0.494 e. The van der Waals surface area contributed by atoms with Crippen LogP contribution in [0.3, 0.4) is 0 Å². The average molecular weight is 629 g/mol. The molecule has 1 aromatic heterocycles. The number of aromatic nitrogens is 2. The number of methoxy groups -OCH3 is 1. The first kappa shape index (κ1) is 31.9. The Balaban J connectivity index is 1.66. The van der Waals surface area contributed by atoms with Gasteiger partial charge in [-0.15, -0.1) is 0 Å². The SMILES string of the molecule is C=CC(=O)Nc1cc(Nc2ncc(Cl)c(Nc3ccccc3N3CCCCS3(=O)=O)n2)c(OC)cc1N(C)CCN(C)C. The van der Waals surface area contributed by atoms with Crippen LogP contribution in [0.25, 0.3) is 0 Å². The van der Waals surface area contributed by atoms with Crippen LogP contribution >= 0.6 is 11.6 Å². The second-order valence-electron chi connectivity index (χ2n) is 10.2. The third kappa shape index (κ3) is 7.86. The van der Waals surface area contributed by atoms with Crippen molar-refractivity contribution in [2.45, 2.75) is 12.8 Å². The summed E-state index contributed by atoms with van der Waals surface area (Å²) in [5.74, 6) is 0.715. The number of para-hydroxylation sites is 2. The summed E-state index contributed by atoms with van der Waals surface area (Å²) in [5.41, 5.74) is 2.85. The van der Waals surface area contributed by atoms with E-state index in [0.29, 0.717) is 48.0 Å². The maximum Gasteiger partial charge on any atom is 0.247 e. The highest BCUT2D eigenvalue weighted by molar-refractivity contribution is 7.92. The second-order valence-corrected chi connectivity index (χ2v) is 12.7. The Morgan fingerprint density at radius 3 is 2.58 bits per heavy atom. The monoisotopic (exact) mass is 628 g/mol. The number of rotatable bonds is 12. The van der Waals surface area contributed by atoms with Gasteiger partial charge in [-0.1, -0.05) is 30.3 Å². The number of hydrogen-bond acceptors (Lipinski definition) is 10. The first-order chi connectivity index (χ1) is 20.5. The van der Waals surface area contributed by atoms with E-state index in [1.54, 1.807) is 37.4 Å². The molecule has 0 aliphatic carbocycles. The van der Waals surface area contributed by atoms with Gasteiger partial charge in [0.15, 0.2) is 5.82 Å². The van der Waals surface area contributed by atoms with Gasteiger partial charge in [0.1, 0.15) is 10.8 Å². The molecular formula is C29H37ClN8O4S. The number of nitrogens with one attached hydrogen (secondary N) is 3. The van der Waals surface area contributed by atoms with E-state index in [0.717, 1.165) is 18.7 Å². The highest BCUT2D eigenvalue weighted by atomic mass is 35.5. The van der Waals surface area contributed by atoms with Gasteiger partial charge in [-0.25, -0.2) is 13.4 Å². The van der Waals surface area contributed by atoms with Crippen molar-refractivity contribution < 1.29 is 17.9 Å². The predicted molar refractivity (Wildman–Crippen MR) is 174 cm³/mol. The van der Waals surface area contributed by atoms with Crippen molar-refractivity contribution in [3.8, 4) is 5.75 Å². The van der Waals surface area contributed by atoms with Gasteiger partial charge in [0.25, 0.3) is 0 Å². The molecule has 4 rings (SSSR count). The number of benzene rings is 2. The van der Waals surface area contributed by atoms with Gasteiger partial charge in [0, 0.05) is 32.7 Å². The molecule has 0 atom stereocenters. The Kier molecular flexibility index (Phi) is 10.3. The van der Waals surface area contributed by atoms with Crippen molar-refractivity contribution in [1.82, 2.24) is 14.9 Å². The minimum absolute atomic E-state index is 0.102. The fourth-order valence-corrected chi connectivity index (χ4v) is 6.32. The summed E-state index contributed by atoms with van der Waals surface area (Å²) in [4.78, 5) is 25.3. The van der Waals surface area contributed by atoms with E-state index in [1.165, 1.54) is 16.6 Å². The number of nitrogens with zero attached hydrogens (tertiary/aromatic N) is 5. The molecule has 0 unspecified atom stereocenters. The molecule has 230 valence electrons. The second kappa shape index (κ2) is 13.9. The molecule has 1 aliphatic heterocycles. The fraction of sp³-hybridized carbons (Fsp3) is 0.345. The summed E-state index contributed by atoms with van der Waals surface area (Å²) < 4.78 is 32.7. The van der Waals surface area contributed by atoms with Crippen molar-refractivity contribution in [3.63, 3.8) is 0 Å². The number of halogens is 1. The Hall–Kier alpha value is -4.07. The van der Waals surface area contributed by atoms with Gasteiger partial charge < -0.3 is 30.5 Å². The number of likely N-dealkylation sites (N-methyl/N-ethyl adjacent to an activating group) is 2. The van der Waals surface area contributed by atoms with Crippen molar-refractivity contribution in [1.29, 1.82) is 0 Å². The third-order valence-electron chi connectivity index (χ3n) is 6.82. The molecular weight excluding hydrogens is 592 g/mol. The largest absolute Gasteiger partial charge is 0.494 e. The molecule has 0 saturated carbocycles. The maximum atomic E-state index is 12.8. The highest BCUT2D eigenvalue weighted by Crippen LogP contribution is 2.39. The molecule has 1 aliphatic rings. The van der Waals surface area contributed by atoms with E-state index in [9.17, 15) is 13.2 Å². The van der Waals surface area contributed by atoms with Gasteiger partial charge in [-0.3, -0.25) is 9.10 Å². The number of carbonyl (C=O) groups excluding carboxylic acids is 1. The number of hydrogen-bond donors (Lipinski definition) is 3. The number of sulfonamides is 1. The summed E-state index contributed by atoms with van der Waals surface area (Å²) in [5, 5.41) is 9.45. The quantitative estimate of drug-likeness (QED) is 0.243. The van der Waals surface area contributed by atoms with E-state index in [1.807, 2.05) is 32.1 Å². The van der Waals surface area contributed by atoms with E-state index in [2.05, 4.69) is 37.4 Å². The summed E-state index contributed by atoms with van der Waals surface area (Å²) >= 11 is 6.47. The molecule has 1 amide bonds. The van der Waals surface area contributed by atoms with E-state index in [4.69, 9.17) is 16.3 Å². The molecule has 14 heteroatoms. The van der Waals surface area contributed by atoms with Gasteiger partial charge in [-0.05, 0) is 51.2 Å². The third-order valence-corrected chi connectivity index (χ3v) is 8.95. The Bertz CT molecular complexity index is 1580. The Labute approximate surface area is 257 Å². The van der Waals surface area contributed by atoms with E-state index in [-0.39, 0.29) is 28.4 Å². The molecule has 3 aromatic rings. The molecule has 3 N–H and O–H groups in total. The van der Waals surface area contributed by atoms with Gasteiger partial charge in [0.2, 0.25) is 21.9 Å². The number of carbonyl (C=O) groups is 1. The molecule has 1 fully saturated rings. The van der Waals surface area contributed by atoms with Crippen LogP contribution in [0.2, 0.25) is 5.02 Å². The molecule has 2 heterocycles. The lowest BCUT2D eigenvalue weighted by atomic mass is 10.2. The zero-order chi connectivity index (χ0) is 31.1. The Morgan fingerprint density at radius 2 is 1.88 bits per heavy atom. The molecule has 43 heavy (non-hydrogen) atoms. The lowest BCUT2D eigenvalue weighted by Crippen LogP contribution is -2.38. The first-order valence-corrected chi connectivity index (χ1v) is 15.7. The van der Waals surface area contributed by atoms with Crippen LogP contribution in [0.1, 0.15) is 12.8 Å². The van der Waals surface area contributed by atoms with Crippen molar-refractivity contribution in [2.24, 2.45) is 0 Å². The summed E-state index contributed by atoms with van der Waals surface area (Å²) in [6, 6.07) is 10.7. The predicted octanol–water partition coefficient (Wildman–Crippen LogP) is 4.68. The highest BCUT2D eigenvalue weighted by Gasteiger charge is 2.28. The number of amides is 1. The van der Waals surface area contributed by atoms with Gasteiger partial charge in [-0.2, -0.15) is 4.98 Å². The lowest BCUT2D eigenvalue weighted by molar-refractivity contribution is -0.111. The smallest absolute Gasteiger partial charge is 0.247 e. The zero-order valence-corrected chi connectivity index (χ0v) is 26.3. The standard InChI is InChI=1S/C29H37ClN8O4S/c1-6-27(39)32-22-17-23(26(42-5)18-25(22)37(4)15-14-36(2)3)34-29-31-19-20(30)28(35-29)33-21-11-7-8-12-24(21)38-13-9-10-16-43(38,40)41/h6-8,11-12,17-19H,1,9-10,13-16H2,2-5H3,(H,32,39)(H2,31,33,34,35). The van der Waals surface area contributed by atoms with Crippen molar-refractivity contribution in [3.05, 3.63) is 60.3 Å². The average Bonchev–Trinajstić information content (AvgIpc) is 2.98. The van der Waals surface area contributed by atoms with Crippen LogP contribution in [0.15, 0.2) is 55.3 Å². The summed E-state index contributed by atoms with van der Waals surface area (Å²) in [7, 11) is 4.03. The molecule has 0 radical (unpaired) electrons. The van der Waals surface area contributed by atoms with Crippen LogP contribution in [0.5, 0.6) is 5.75 Å². The van der Waals surface area contributed by atoms with Crippen LogP contribution in [0, 0.1) is 0 Å². The zero-order valence-electron chi connectivity index (χ0n) is 24.7. The first-order valence-electron chi connectivity index (χ1n) is 13.7. The van der Waals surface area contributed by atoms with Crippen molar-refractivity contribution >= 4 is 67.7 Å². The molecule has 0 bridgehead atoms. The maximum absolute atomic E-state index is 12.8. The van der Waals surface area contributed by atoms with Gasteiger partial charge >= 0.3 is 0 Å². The molecule has 12 nitrogen and oxygen atoms in total. The molecule has 2 aromatic carbocycles. The summed E-state index contributed by atoms with van der Waals surface area (Å²) in [6.07, 6.45) is 4.05. The summed E-state index contributed by atoms with van der Waals surface area (Å²) in [6.45, 7) is 5.47. The topological polar surface area (TPSA) is 132 Å². The number of anilines is 7. The van der Waals surface area contributed by atoms with Crippen molar-refractivity contribution in [2.75, 3.05) is 78.8 Å². The van der Waals surface area contributed by atoms with Crippen LogP contribution in [0.4, 0.5) is 40.2 Å². The molecule has 0 spiro atoms. The Morgan fingerprint density at radius 1 is 1.12 bits per heavy atom. The fourth-order valence-electron chi connectivity index (χ4n) is 4.53. The molecule has 1 saturated heterocycles. The van der Waals surface area contributed by atoms with E-state index < -0.39 is 10.0 Å². The normalized spacial score (nSPS) is 14.2. The number of ether oxygens (including phenoxy) is 1. The van der Waals surface area contributed by atoms with Crippen LogP contribution < -0.4 is 29.9 Å². The lowest BCUT2D eigenvalue weighted by Gasteiger charge is -2.30. The van der Waals surface area contributed by atoms with Gasteiger partial charge in [0.05, 0.1) is 47.5 Å².